The van der Waals surface area contributed by atoms with Gasteiger partial charge < -0.3 is 9.84 Å². The van der Waals surface area contributed by atoms with E-state index in [1.807, 2.05) is 0 Å². The van der Waals surface area contributed by atoms with Crippen LogP contribution in [0, 0.1) is 0 Å². The lowest BCUT2D eigenvalue weighted by Gasteiger charge is -2.07. The second kappa shape index (κ2) is 7.43. The molecule has 0 heterocycles. The molecule has 0 amide bonds. The molecule has 0 saturated heterocycles. The smallest absolute Gasteiger partial charge is 0.342 e. The molecule has 0 fully saturated rings. The molecule has 0 atom stereocenters. The first-order chi connectivity index (χ1) is 10.6. The average Bonchev–Trinajstić information content (AvgIpc) is 2.51. The maximum atomic E-state index is 11.9. The van der Waals surface area contributed by atoms with Crippen LogP contribution in [0.2, 0.25) is 0 Å². The van der Waals surface area contributed by atoms with Crippen molar-refractivity contribution in [3.8, 4) is 5.75 Å². The van der Waals surface area contributed by atoms with Crippen molar-refractivity contribution in [2.24, 2.45) is 0 Å². The van der Waals surface area contributed by atoms with Crippen molar-refractivity contribution < 1.29 is 19.4 Å². The number of allylic oxidation sites excluding steroid dienone is 1. The largest absolute Gasteiger partial charge is 0.507 e. The topological polar surface area (TPSA) is 63.6 Å². The molecule has 0 aliphatic heterocycles. The molecule has 0 unspecified atom stereocenters. The van der Waals surface area contributed by atoms with E-state index in [-0.39, 0.29) is 17.9 Å². The highest BCUT2D eigenvalue weighted by Crippen LogP contribution is 2.17. The number of benzene rings is 2. The van der Waals surface area contributed by atoms with E-state index in [2.05, 4.69) is 0 Å². The Kier molecular flexibility index (Phi) is 5.33. The molecule has 112 valence electrons. The number of aromatic hydroxyl groups is 1. The van der Waals surface area contributed by atoms with E-state index in [1.54, 1.807) is 42.5 Å². The maximum Gasteiger partial charge on any atom is 0.342 e. The van der Waals surface area contributed by atoms with Crippen molar-refractivity contribution >= 4 is 28.9 Å². The third-order valence-electron chi connectivity index (χ3n) is 2.85. The molecule has 0 aromatic heterocycles. The van der Waals surface area contributed by atoms with Crippen molar-refractivity contribution in [1.82, 2.24) is 0 Å². The van der Waals surface area contributed by atoms with Gasteiger partial charge in [-0.05, 0) is 47.0 Å². The molecule has 0 bridgehead atoms. The number of rotatable bonds is 5. The fourth-order valence-corrected chi connectivity index (χ4v) is 1.88. The van der Waals surface area contributed by atoms with Crippen LogP contribution in [0.25, 0.3) is 6.08 Å². The van der Waals surface area contributed by atoms with Gasteiger partial charge in [-0.2, -0.15) is 0 Å². The standard InChI is InChI=1S/C17H13ClO4/c18-16(20)9-8-12-4-3-5-13(10-12)11-22-17(21)14-6-1-2-7-15(14)19/h1-10,19H,11H2/b9-8-. The summed E-state index contributed by atoms with van der Waals surface area (Å²) in [6.45, 7) is 0.0592. The number of phenols is 1. The highest BCUT2D eigenvalue weighted by atomic mass is 35.5. The van der Waals surface area contributed by atoms with Gasteiger partial charge in [0.1, 0.15) is 17.9 Å². The monoisotopic (exact) mass is 316 g/mol. The van der Waals surface area contributed by atoms with Gasteiger partial charge in [0.25, 0.3) is 0 Å². The summed E-state index contributed by atoms with van der Waals surface area (Å²) in [5.74, 6) is -0.722. The fourth-order valence-electron chi connectivity index (χ4n) is 1.82. The van der Waals surface area contributed by atoms with Crippen molar-refractivity contribution in [3.63, 3.8) is 0 Å². The Morgan fingerprint density at radius 3 is 2.64 bits per heavy atom. The van der Waals surface area contributed by atoms with E-state index in [0.29, 0.717) is 0 Å². The van der Waals surface area contributed by atoms with Crippen molar-refractivity contribution in [3.05, 3.63) is 71.3 Å². The summed E-state index contributed by atoms with van der Waals surface area (Å²) in [5.41, 5.74) is 1.64. The van der Waals surface area contributed by atoms with Gasteiger partial charge in [0.2, 0.25) is 5.24 Å². The summed E-state index contributed by atoms with van der Waals surface area (Å²) >= 11 is 5.23. The van der Waals surface area contributed by atoms with Crippen LogP contribution in [0.15, 0.2) is 54.6 Å². The van der Waals surface area contributed by atoms with Crippen LogP contribution in [0.4, 0.5) is 0 Å². The summed E-state index contributed by atoms with van der Waals surface area (Å²) in [4.78, 5) is 22.6. The van der Waals surface area contributed by atoms with Gasteiger partial charge in [-0.15, -0.1) is 0 Å². The number of carbonyl (C=O) groups excluding carboxylic acids is 2. The van der Waals surface area contributed by atoms with Crippen LogP contribution in [-0.2, 0) is 16.1 Å². The molecule has 0 saturated carbocycles. The van der Waals surface area contributed by atoms with Crippen LogP contribution in [0.1, 0.15) is 21.5 Å². The van der Waals surface area contributed by atoms with Gasteiger partial charge in [0.15, 0.2) is 0 Å². The molecule has 0 radical (unpaired) electrons. The number of ether oxygens (including phenoxy) is 1. The maximum absolute atomic E-state index is 11.9. The highest BCUT2D eigenvalue weighted by Gasteiger charge is 2.11. The van der Waals surface area contributed by atoms with Crippen molar-refractivity contribution in [2.75, 3.05) is 0 Å². The minimum Gasteiger partial charge on any atom is -0.507 e. The average molecular weight is 317 g/mol. The molecule has 4 nitrogen and oxygen atoms in total. The fraction of sp³-hybridized carbons (Fsp3) is 0.0588. The number of hydrogen-bond acceptors (Lipinski definition) is 4. The zero-order chi connectivity index (χ0) is 15.9. The molecule has 2 rings (SSSR count). The second-order valence-corrected chi connectivity index (χ2v) is 4.85. The van der Waals surface area contributed by atoms with E-state index >= 15 is 0 Å². The van der Waals surface area contributed by atoms with Gasteiger partial charge in [-0.3, -0.25) is 4.79 Å². The Balaban J connectivity index is 2.03. The number of halogens is 1. The highest BCUT2D eigenvalue weighted by molar-refractivity contribution is 6.66. The number of esters is 1. The Morgan fingerprint density at radius 2 is 1.91 bits per heavy atom. The molecule has 0 aliphatic carbocycles. The van der Waals surface area contributed by atoms with E-state index in [4.69, 9.17) is 16.3 Å². The van der Waals surface area contributed by atoms with Crippen LogP contribution >= 0.6 is 11.6 Å². The van der Waals surface area contributed by atoms with Gasteiger partial charge in [0.05, 0.1) is 0 Å². The third-order valence-corrected chi connectivity index (χ3v) is 2.98. The van der Waals surface area contributed by atoms with Crippen molar-refractivity contribution in [2.45, 2.75) is 6.61 Å². The Labute approximate surface area is 132 Å². The third kappa shape index (κ3) is 4.46. The molecule has 5 heteroatoms. The Hall–Kier alpha value is -2.59. The first-order valence-electron chi connectivity index (χ1n) is 6.48. The lowest BCUT2D eigenvalue weighted by molar-refractivity contribution is -0.107. The van der Waals surface area contributed by atoms with E-state index in [0.717, 1.165) is 11.1 Å². The normalized spacial score (nSPS) is 10.6. The Morgan fingerprint density at radius 1 is 1.14 bits per heavy atom. The molecular weight excluding hydrogens is 304 g/mol. The summed E-state index contributed by atoms with van der Waals surface area (Å²) < 4.78 is 5.16. The summed E-state index contributed by atoms with van der Waals surface area (Å²) in [7, 11) is 0. The summed E-state index contributed by atoms with van der Waals surface area (Å²) in [5, 5.41) is 9.03. The first kappa shape index (κ1) is 15.8. The van der Waals surface area contributed by atoms with Crippen molar-refractivity contribution in [1.29, 1.82) is 0 Å². The first-order valence-corrected chi connectivity index (χ1v) is 6.85. The number of phenolic OH excluding ortho intramolecular Hbond substituents is 1. The minimum atomic E-state index is -0.602. The van der Waals surface area contributed by atoms with Gasteiger partial charge in [-0.25, -0.2) is 4.79 Å². The molecule has 2 aromatic rings. The van der Waals surface area contributed by atoms with Gasteiger partial charge in [-0.1, -0.05) is 36.4 Å². The van der Waals surface area contributed by atoms with E-state index in [9.17, 15) is 14.7 Å². The zero-order valence-electron chi connectivity index (χ0n) is 11.5. The second-order valence-electron chi connectivity index (χ2n) is 4.48. The van der Waals surface area contributed by atoms with E-state index < -0.39 is 11.2 Å². The lowest BCUT2D eigenvalue weighted by atomic mass is 10.1. The van der Waals surface area contributed by atoms with Crippen LogP contribution in [0.5, 0.6) is 5.75 Å². The predicted octanol–water partition coefficient (Wildman–Crippen LogP) is 3.53. The zero-order valence-corrected chi connectivity index (χ0v) is 12.3. The van der Waals surface area contributed by atoms with E-state index in [1.165, 1.54) is 18.2 Å². The van der Waals surface area contributed by atoms with Gasteiger partial charge in [0, 0.05) is 0 Å². The molecule has 2 aromatic carbocycles. The number of carbonyl (C=O) groups is 2. The van der Waals surface area contributed by atoms with Crippen LogP contribution < -0.4 is 0 Å². The minimum absolute atomic E-state index is 0.0592. The SMILES string of the molecule is O=C(Cl)/C=C\c1cccc(COC(=O)c2ccccc2O)c1. The molecule has 0 aliphatic rings. The number of hydrogen-bond donors (Lipinski definition) is 1. The summed E-state index contributed by atoms with van der Waals surface area (Å²) in [6.07, 6.45) is 2.82. The number of para-hydroxylation sites is 1. The summed E-state index contributed by atoms with van der Waals surface area (Å²) in [6, 6.07) is 13.3. The quantitative estimate of drug-likeness (QED) is 0.521. The van der Waals surface area contributed by atoms with Crippen LogP contribution in [0.3, 0.4) is 0 Å². The molecule has 22 heavy (non-hydrogen) atoms. The van der Waals surface area contributed by atoms with Crippen LogP contribution in [-0.4, -0.2) is 16.3 Å². The van der Waals surface area contributed by atoms with Gasteiger partial charge >= 0.3 is 5.97 Å². The lowest BCUT2D eigenvalue weighted by Crippen LogP contribution is -2.05. The molecule has 1 N–H and O–H groups in total. The predicted molar refractivity (Wildman–Crippen MR) is 83.6 cm³/mol. The molecular formula is C17H13ClO4. The Bertz CT molecular complexity index is 722. The molecule has 0 spiro atoms.